The number of aromatic nitrogens is 1. The van der Waals surface area contributed by atoms with Gasteiger partial charge in [0.2, 0.25) is 0 Å². The van der Waals surface area contributed by atoms with Crippen LogP contribution in [0.25, 0.3) is 0 Å². The van der Waals surface area contributed by atoms with Gasteiger partial charge in [-0.2, -0.15) is 0 Å². The molecule has 0 aliphatic carbocycles. The molecule has 1 rings (SSSR count). The van der Waals surface area contributed by atoms with Gasteiger partial charge in [0, 0.05) is 6.61 Å². The Balaban J connectivity index is 2.90. The molecule has 3 N–H and O–H groups in total. The highest BCUT2D eigenvalue weighted by molar-refractivity contribution is 9.10. The minimum absolute atomic E-state index is 0.189. The van der Waals surface area contributed by atoms with Crippen LogP contribution in [-0.2, 0) is 9.96 Å². The molecule has 0 unspecified atom stereocenters. The Kier molecular flexibility index (Phi) is 6.78. The van der Waals surface area contributed by atoms with E-state index in [0.29, 0.717) is 6.61 Å². The number of rotatable bonds is 6. The van der Waals surface area contributed by atoms with Gasteiger partial charge in [0.1, 0.15) is 4.60 Å². The van der Waals surface area contributed by atoms with Gasteiger partial charge in [0.05, 0.1) is 11.2 Å². The van der Waals surface area contributed by atoms with Gasteiger partial charge >= 0.3 is 0 Å². The molecule has 1 aromatic heterocycles. The number of pyridine rings is 1. The van der Waals surface area contributed by atoms with Crippen molar-refractivity contribution in [3.8, 4) is 0 Å². The highest BCUT2D eigenvalue weighted by Crippen LogP contribution is 2.37. The fourth-order valence-corrected chi connectivity index (χ4v) is 3.58. The summed E-state index contributed by atoms with van der Waals surface area (Å²) in [4.78, 5) is 4.56. The molecule has 0 fully saturated rings. The molecule has 0 saturated heterocycles. The Labute approximate surface area is 154 Å². The van der Waals surface area contributed by atoms with Crippen molar-refractivity contribution in [3.63, 3.8) is 0 Å². The van der Waals surface area contributed by atoms with E-state index in [4.69, 9.17) is 22.4 Å². The third-order valence-corrected chi connectivity index (χ3v) is 9.63. The van der Waals surface area contributed by atoms with E-state index in [1.165, 1.54) is 0 Å². The van der Waals surface area contributed by atoms with Crippen molar-refractivity contribution in [1.29, 1.82) is 0 Å². The number of thiocarbonyl (C=S) groups is 1. The van der Waals surface area contributed by atoms with E-state index in [1.54, 1.807) is 0 Å². The summed E-state index contributed by atoms with van der Waals surface area (Å²) in [7, 11) is -1.78. The molecule has 0 aromatic carbocycles. The molecule has 7 heteroatoms. The number of nitrogens with zero attached hydrogens (tertiary/aromatic N) is 1. The molecular formula is C16H28BrN3OSSi. The predicted molar refractivity (Wildman–Crippen MR) is 107 cm³/mol. The average molecular weight is 418 g/mol. The van der Waals surface area contributed by atoms with Gasteiger partial charge in [-0.25, -0.2) is 4.98 Å². The third-order valence-electron chi connectivity index (χ3n) is 4.55. The van der Waals surface area contributed by atoms with Crippen LogP contribution in [0.1, 0.15) is 39.8 Å². The molecule has 0 spiro atoms. The Bertz CT molecular complexity index is 563. The maximum Gasteiger partial charge on any atom is 0.191 e. The molecule has 0 amide bonds. The second-order valence-electron chi connectivity index (χ2n) is 7.53. The van der Waals surface area contributed by atoms with Crippen molar-refractivity contribution < 1.29 is 4.43 Å². The lowest BCUT2D eigenvalue weighted by molar-refractivity contribution is 0.234. The zero-order valence-corrected chi connectivity index (χ0v) is 18.3. The predicted octanol–water partition coefficient (Wildman–Crippen LogP) is 4.30. The zero-order chi connectivity index (χ0) is 17.9. The molecule has 0 saturated carbocycles. The summed E-state index contributed by atoms with van der Waals surface area (Å²) in [5.74, 6) is 0. The van der Waals surface area contributed by atoms with Crippen LogP contribution in [-0.4, -0.2) is 25.0 Å². The van der Waals surface area contributed by atoms with Crippen LogP contribution < -0.4 is 11.1 Å². The van der Waals surface area contributed by atoms with Crippen LogP contribution in [0.5, 0.6) is 0 Å². The van der Waals surface area contributed by atoms with Crippen LogP contribution in [0.15, 0.2) is 22.8 Å². The SMILES string of the molecule is CC(C)(C)[Si](C)(C)OCC[C@](C)(NC(N)=S)c1cccc(Br)n1. The number of nitrogens with one attached hydrogen (secondary N) is 1. The lowest BCUT2D eigenvalue weighted by Gasteiger charge is -2.38. The second kappa shape index (κ2) is 7.59. The molecule has 1 atom stereocenters. The largest absolute Gasteiger partial charge is 0.417 e. The highest BCUT2D eigenvalue weighted by Gasteiger charge is 2.38. The van der Waals surface area contributed by atoms with E-state index in [1.807, 2.05) is 18.2 Å². The van der Waals surface area contributed by atoms with Crippen LogP contribution in [0.2, 0.25) is 18.1 Å². The van der Waals surface area contributed by atoms with Gasteiger partial charge in [-0.05, 0) is 71.8 Å². The monoisotopic (exact) mass is 417 g/mol. The summed E-state index contributed by atoms with van der Waals surface area (Å²) in [6, 6.07) is 5.83. The summed E-state index contributed by atoms with van der Waals surface area (Å²) < 4.78 is 7.09. The molecular weight excluding hydrogens is 390 g/mol. The maximum atomic E-state index is 6.30. The van der Waals surface area contributed by atoms with Gasteiger partial charge in [-0.15, -0.1) is 0 Å². The molecule has 1 heterocycles. The van der Waals surface area contributed by atoms with Crippen LogP contribution in [0.4, 0.5) is 0 Å². The molecule has 0 aliphatic rings. The first-order chi connectivity index (χ1) is 10.4. The van der Waals surface area contributed by atoms with Gasteiger partial charge in [-0.1, -0.05) is 26.8 Å². The fourth-order valence-electron chi connectivity index (χ4n) is 1.97. The topological polar surface area (TPSA) is 60.2 Å². The first-order valence-electron chi connectivity index (χ1n) is 7.72. The molecule has 0 aliphatic heterocycles. The standard InChI is InChI=1S/C16H28BrN3OSSi/c1-15(2,3)23(5,6)21-11-10-16(4,20-14(18)22)12-8-7-9-13(17)19-12/h7-9H,10-11H2,1-6H3,(H3,18,20,22)/t16-/m0/s1. The molecule has 23 heavy (non-hydrogen) atoms. The third kappa shape index (κ3) is 5.81. The van der Waals surface area contributed by atoms with Crippen molar-refractivity contribution in [1.82, 2.24) is 10.3 Å². The van der Waals surface area contributed by atoms with Crippen molar-refractivity contribution in [3.05, 3.63) is 28.5 Å². The van der Waals surface area contributed by atoms with Crippen molar-refractivity contribution in [2.45, 2.75) is 57.8 Å². The van der Waals surface area contributed by atoms with E-state index < -0.39 is 13.9 Å². The smallest absolute Gasteiger partial charge is 0.191 e. The van der Waals surface area contributed by atoms with Crippen LogP contribution >= 0.6 is 28.1 Å². The van der Waals surface area contributed by atoms with Gasteiger partial charge < -0.3 is 15.5 Å². The summed E-state index contributed by atoms with van der Waals surface area (Å²) in [6.07, 6.45) is 0.736. The molecule has 4 nitrogen and oxygen atoms in total. The fraction of sp³-hybridized carbons (Fsp3) is 0.625. The minimum atomic E-state index is -1.78. The first kappa shape index (κ1) is 20.5. The minimum Gasteiger partial charge on any atom is -0.417 e. The number of nitrogens with two attached hydrogens (primary N) is 1. The summed E-state index contributed by atoms with van der Waals surface area (Å²) in [5, 5.41) is 3.64. The lowest BCUT2D eigenvalue weighted by Crippen LogP contribution is -2.48. The summed E-state index contributed by atoms with van der Waals surface area (Å²) in [6.45, 7) is 13.9. The normalized spacial score (nSPS) is 15.1. The van der Waals surface area contributed by atoms with Crippen LogP contribution in [0, 0.1) is 0 Å². The number of halogens is 1. The highest BCUT2D eigenvalue weighted by atomic mass is 79.9. The first-order valence-corrected chi connectivity index (χ1v) is 11.8. The van der Waals surface area contributed by atoms with Crippen molar-refractivity contribution >= 4 is 41.6 Å². The van der Waals surface area contributed by atoms with E-state index >= 15 is 0 Å². The van der Waals surface area contributed by atoms with Crippen molar-refractivity contribution in [2.75, 3.05) is 6.61 Å². The van der Waals surface area contributed by atoms with E-state index in [0.717, 1.165) is 16.7 Å². The summed E-state index contributed by atoms with van der Waals surface area (Å²) >= 11 is 8.47. The van der Waals surface area contributed by atoms with E-state index in [-0.39, 0.29) is 10.2 Å². The quantitative estimate of drug-likeness (QED) is 0.410. The molecule has 0 radical (unpaired) electrons. The summed E-state index contributed by atoms with van der Waals surface area (Å²) in [5.41, 5.74) is 6.16. The van der Waals surface area contributed by atoms with E-state index in [9.17, 15) is 0 Å². The van der Waals surface area contributed by atoms with Gasteiger partial charge in [0.25, 0.3) is 0 Å². The number of hydrogen-bond acceptors (Lipinski definition) is 3. The number of hydrogen-bond donors (Lipinski definition) is 2. The van der Waals surface area contributed by atoms with Crippen molar-refractivity contribution in [2.24, 2.45) is 5.73 Å². The Morgan fingerprint density at radius 1 is 1.35 bits per heavy atom. The van der Waals surface area contributed by atoms with Gasteiger partial charge in [-0.3, -0.25) is 0 Å². The molecule has 130 valence electrons. The Hall–Kier alpha value is -0.503. The molecule has 1 aromatic rings. The Morgan fingerprint density at radius 3 is 2.43 bits per heavy atom. The van der Waals surface area contributed by atoms with Crippen LogP contribution in [0.3, 0.4) is 0 Å². The maximum absolute atomic E-state index is 6.30. The van der Waals surface area contributed by atoms with E-state index in [2.05, 4.69) is 67.0 Å². The zero-order valence-electron chi connectivity index (χ0n) is 14.9. The lowest BCUT2D eigenvalue weighted by atomic mass is 9.93. The van der Waals surface area contributed by atoms with Gasteiger partial charge in [0.15, 0.2) is 13.4 Å². The second-order valence-corrected chi connectivity index (χ2v) is 13.6. The Morgan fingerprint density at radius 2 is 1.96 bits per heavy atom. The molecule has 0 bridgehead atoms. The average Bonchev–Trinajstić information content (AvgIpc) is 2.36.